The largest absolute Gasteiger partial charge is 0.437 e. The van der Waals surface area contributed by atoms with Crippen molar-refractivity contribution >= 4 is 11.6 Å². The van der Waals surface area contributed by atoms with Crippen LogP contribution in [0.1, 0.15) is 17.5 Å². The Kier molecular flexibility index (Phi) is 4.40. The maximum atomic E-state index is 12.5. The van der Waals surface area contributed by atoms with Gasteiger partial charge in [-0.1, -0.05) is 17.7 Å². The van der Waals surface area contributed by atoms with E-state index in [1.54, 1.807) is 0 Å². The van der Waals surface area contributed by atoms with Gasteiger partial charge < -0.3 is 5.32 Å². The molecule has 1 heterocycles. The molecule has 0 spiro atoms. The van der Waals surface area contributed by atoms with Gasteiger partial charge in [0.1, 0.15) is 0 Å². The molecule has 0 aromatic heterocycles. The highest BCUT2D eigenvalue weighted by Crippen LogP contribution is 2.46. The molecule has 122 valence electrons. The van der Waals surface area contributed by atoms with Gasteiger partial charge in [0, 0.05) is 19.5 Å². The number of alkyl halides is 6. The molecule has 1 aromatic rings. The lowest BCUT2D eigenvalue weighted by Crippen LogP contribution is -2.35. The van der Waals surface area contributed by atoms with Crippen LogP contribution >= 0.6 is 11.6 Å². The van der Waals surface area contributed by atoms with Crippen LogP contribution in [0.5, 0.6) is 0 Å². The normalized spacial score (nSPS) is 16.9. The summed E-state index contributed by atoms with van der Waals surface area (Å²) in [7, 11) is 0. The molecule has 1 aliphatic rings. The zero-order valence-electron chi connectivity index (χ0n) is 10.9. The van der Waals surface area contributed by atoms with Crippen LogP contribution in [0.4, 0.5) is 26.3 Å². The van der Waals surface area contributed by atoms with Crippen LogP contribution in [-0.2, 0) is 12.7 Å². The van der Waals surface area contributed by atoms with Crippen molar-refractivity contribution in [2.75, 3.05) is 6.54 Å². The van der Waals surface area contributed by atoms with Gasteiger partial charge in [0.15, 0.2) is 0 Å². The first kappa shape index (κ1) is 17.0. The zero-order chi connectivity index (χ0) is 16.6. The second-order valence-electron chi connectivity index (χ2n) is 4.75. The molecule has 1 N–H and O–H groups in total. The van der Waals surface area contributed by atoms with Crippen molar-refractivity contribution in [1.82, 2.24) is 5.32 Å². The Bertz CT molecular complexity index is 575. The van der Waals surface area contributed by atoms with Crippen molar-refractivity contribution in [3.63, 3.8) is 0 Å². The lowest BCUT2D eigenvalue weighted by molar-refractivity contribution is -0.164. The number of rotatable bonds is 5. The third-order valence-corrected chi connectivity index (χ3v) is 3.43. The maximum Gasteiger partial charge on any atom is 0.437 e. The molecular formula is C12H10ClF6N3. The topological polar surface area (TPSA) is 36.8 Å². The highest BCUT2D eigenvalue weighted by molar-refractivity contribution is 6.31. The Morgan fingerprint density at radius 2 is 1.73 bits per heavy atom. The van der Waals surface area contributed by atoms with Gasteiger partial charge in [-0.25, -0.2) is 0 Å². The van der Waals surface area contributed by atoms with E-state index in [2.05, 4.69) is 15.5 Å². The van der Waals surface area contributed by atoms with E-state index in [1.807, 2.05) is 0 Å². The van der Waals surface area contributed by atoms with Gasteiger partial charge in [-0.15, -0.1) is 10.2 Å². The van der Waals surface area contributed by atoms with Gasteiger partial charge in [0.05, 0.1) is 10.6 Å². The summed E-state index contributed by atoms with van der Waals surface area (Å²) in [5, 5.41) is 8.28. The minimum absolute atomic E-state index is 0.0366. The van der Waals surface area contributed by atoms with E-state index in [0.717, 1.165) is 12.1 Å². The van der Waals surface area contributed by atoms with Crippen LogP contribution in [0.25, 0.3) is 0 Å². The molecule has 0 aliphatic carbocycles. The third-order valence-electron chi connectivity index (χ3n) is 3.11. The average molecular weight is 346 g/mol. The second-order valence-corrected chi connectivity index (χ2v) is 5.16. The molecule has 1 aromatic carbocycles. The Morgan fingerprint density at radius 3 is 2.18 bits per heavy atom. The molecule has 2 rings (SSSR count). The van der Waals surface area contributed by atoms with E-state index < -0.39 is 28.6 Å². The Labute approximate surface area is 126 Å². The number of nitrogens with zero attached hydrogens (tertiary/aromatic N) is 2. The van der Waals surface area contributed by atoms with Gasteiger partial charge in [-0.2, -0.15) is 26.3 Å². The van der Waals surface area contributed by atoms with E-state index in [9.17, 15) is 26.3 Å². The standard InChI is InChI=1S/C12H10ClF6N3/c13-9-5-7(1-2-8(9)11(14,15)16)6-20-4-3-10(21-22-10)12(17,18)19/h1-2,5,20H,3-4,6H2. The fourth-order valence-electron chi connectivity index (χ4n) is 1.81. The van der Waals surface area contributed by atoms with Crippen LogP contribution in [0.3, 0.4) is 0 Å². The highest BCUT2D eigenvalue weighted by atomic mass is 35.5. The molecule has 0 atom stereocenters. The van der Waals surface area contributed by atoms with Gasteiger partial charge in [-0.05, 0) is 17.7 Å². The summed E-state index contributed by atoms with van der Waals surface area (Å²) in [6.07, 6.45) is -9.42. The summed E-state index contributed by atoms with van der Waals surface area (Å²) < 4.78 is 75.1. The summed E-state index contributed by atoms with van der Waals surface area (Å²) in [5.74, 6) is 0. The van der Waals surface area contributed by atoms with E-state index in [-0.39, 0.29) is 19.5 Å². The first-order valence-corrected chi connectivity index (χ1v) is 6.50. The fourth-order valence-corrected chi connectivity index (χ4v) is 2.12. The third kappa shape index (κ3) is 3.70. The second kappa shape index (κ2) is 5.69. The minimum Gasteiger partial charge on any atom is -0.313 e. The summed E-state index contributed by atoms with van der Waals surface area (Å²) in [6.45, 7) is 0.0525. The Balaban J connectivity index is 1.85. The molecule has 1 aliphatic heterocycles. The average Bonchev–Trinajstić information content (AvgIpc) is 3.13. The van der Waals surface area contributed by atoms with Gasteiger partial charge >= 0.3 is 12.4 Å². The first-order valence-electron chi connectivity index (χ1n) is 6.12. The lowest BCUT2D eigenvalue weighted by atomic mass is 10.1. The molecule has 0 amide bonds. The number of hydrogen-bond acceptors (Lipinski definition) is 3. The lowest BCUT2D eigenvalue weighted by Gasteiger charge is -2.15. The van der Waals surface area contributed by atoms with Crippen molar-refractivity contribution < 1.29 is 26.3 Å². The van der Waals surface area contributed by atoms with Crippen LogP contribution in [-0.4, -0.2) is 18.4 Å². The summed E-state index contributed by atoms with van der Waals surface area (Å²) in [6, 6.07) is 3.18. The van der Waals surface area contributed by atoms with Gasteiger partial charge in [0.25, 0.3) is 5.66 Å². The molecule has 0 fully saturated rings. The van der Waals surface area contributed by atoms with E-state index in [1.165, 1.54) is 6.07 Å². The maximum absolute atomic E-state index is 12.5. The first-order chi connectivity index (χ1) is 10.1. The minimum atomic E-state index is -4.54. The van der Waals surface area contributed by atoms with Crippen LogP contribution < -0.4 is 5.32 Å². The predicted molar refractivity (Wildman–Crippen MR) is 66.4 cm³/mol. The van der Waals surface area contributed by atoms with E-state index >= 15 is 0 Å². The molecular weight excluding hydrogens is 336 g/mol. The zero-order valence-corrected chi connectivity index (χ0v) is 11.6. The monoisotopic (exact) mass is 345 g/mol. The van der Waals surface area contributed by atoms with Crippen molar-refractivity contribution in [2.24, 2.45) is 10.2 Å². The Hall–Kier alpha value is -1.35. The smallest absolute Gasteiger partial charge is 0.313 e. The molecule has 22 heavy (non-hydrogen) atoms. The van der Waals surface area contributed by atoms with Crippen molar-refractivity contribution in [3.05, 3.63) is 34.3 Å². The predicted octanol–water partition coefficient (Wildman–Crippen LogP) is 4.56. The van der Waals surface area contributed by atoms with Gasteiger partial charge in [-0.3, -0.25) is 0 Å². The number of nitrogens with one attached hydrogen (secondary N) is 1. The Morgan fingerprint density at radius 1 is 1.09 bits per heavy atom. The molecule has 10 heteroatoms. The fraction of sp³-hybridized carbons (Fsp3) is 0.500. The van der Waals surface area contributed by atoms with Crippen molar-refractivity contribution in [1.29, 1.82) is 0 Å². The number of halogens is 7. The molecule has 0 saturated heterocycles. The number of hydrogen-bond donors (Lipinski definition) is 1. The summed E-state index contributed by atoms with van der Waals surface area (Å²) in [4.78, 5) is 0. The van der Waals surface area contributed by atoms with Crippen LogP contribution in [0.2, 0.25) is 5.02 Å². The van der Waals surface area contributed by atoms with Gasteiger partial charge in [0.2, 0.25) is 0 Å². The van der Waals surface area contributed by atoms with E-state index in [4.69, 9.17) is 11.6 Å². The summed E-state index contributed by atoms with van der Waals surface area (Å²) >= 11 is 5.54. The van der Waals surface area contributed by atoms with Crippen molar-refractivity contribution in [2.45, 2.75) is 31.0 Å². The molecule has 0 radical (unpaired) electrons. The molecule has 0 unspecified atom stereocenters. The van der Waals surface area contributed by atoms with Crippen molar-refractivity contribution in [3.8, 4) is 0 Å². The van der Waals surface area contributed by atoms with E-state index in [0.29, 0.717) is 5.56 Å². The molecule has 0 bridgehead atoms. The highest BCUT2D eigenvalue weighted by Gasteiger charge is 2.63. The SMILES string of the molecule is FC(F)(F)c1ccc(CNCCC2(C(F)(F)F)N=N2)cc1Cl. The number of benzene rings is 1. The molecule has 3 nitrogen and oxygen atoms in total. The summed E-state index contributed by atoms with van der Waals surface area (Å²) in [5.41, 5.74) is -2.84. The van der Waals surface area contributed by atoms with Crippen LogP contribution in [0.15, 0.2) is 28.4 Å². The molecule has 0 saturated carbocycles. The quantitative estimate of drug-likeness (QED) is 0.616. The van der Waals surface area contributed by atoms with Crippen LogP contribution in [0, 0.1) is 0 Å².